The topological polar surface area (TPSA) is 66.8 Å². The molecule has 0 bridgehead atoms. The number of para-hydroxylation sites is 1. The predicted molar refractivity (Wildman–Crippen MR) is 128 cm³/mol. The van der Waals surface area contributed by atoms with Gasteiger partial charge in [0, 0.05) is 15.7 Å². The molecule has 0 saturated carbocycles. The number of benzene rings is 3. The zero-order valence-corrected chi connectivity index (χ0v) is 19.8. The number of carbonyl (C=O) groups excluding carboxylic acids is 2. The van der Waals surface area contributed by atoms with Gasteiger partial charge in [-0.2, -0.15) is 0 Å². The Hall–Kier alpha value is -2.80. The SMILES string of the molecule is COc1c(Cl)cc(/C(O)=C2\C(=O)C(=O)N(c3ccccc3)C2c2ccc(Br)cc2)cc1Cl. The minimum atomic E-state index is -0.842. The summed E-state index contributed by atoms with van der Waals surface area (Å²) in [5, 5.41) is 11.5. The van der Waals surface area contributed by atoms with Crippen molar-refractivity contribution in [2.75, 3.05) is 12.0 Å². The van der Waals surface area contributed by atoms with Crippen molar-refractivity contribution in [2.24, 2.45) is 0 Å². The Morgan fingerprint density at radius 3 is 2.16 bits per heavy atom. The van der Waals surface area contributed by atoms with Crippen molar-refractivity contribution in [1.82, 2.24) is 0 Å². The fourth-order valence-corrected chi connectivity index (χ4v) is 4.60. The highest BCUT2D eigenvalue weighted by Gasteiger charge is 2.47. The molecule has 4 rings (SSSR count). The van der Waals surface area contributed by atoms with Crippen molar-refractivity contribution >= 4 is 62.3 Å². The summed E-state index contributed by atoms with van der Waals surface area (Å²) < 4.78 is 5.99. The summed E-state index contributed by atoms with van der Waals surface area (Å²) in [5.74, 6) is -1.67. The summed E-state index contributed by atoms with van der Waals surface area (Å²) in [6, 6.07) is 18.1. The first-order valence-corrected chi connectivity index (χ1v) is 11.0. The number of amides is 1. The molecule has 1 aliphatic heterocycles. The minimum absolute atomic E-state index is 0.0570. The van der Waals surface area contributed by atoms with Gasteiger partial charge in [-0.15, -0.1) is 0 Å². The maximum atomic E-state index is 13.1. The van der Waals surface area contributed by atoms with E-state index >= 15 is 0 Å². The van der Waals surface area contributed by atoms with Crippen molar-refractivity contribution < 1.29 is 19.4 Å². The van der Waals surface area contributed by atoms with E-state index in [-0.39, 0.29) is 32.7 Å². The molecule has 0 aromatic heterocycles. The van der Waals surface area contributed by atoms with Crippen LogP contribution in [0, 0.1) is 0 Å². The van der Waals surface area contributed by atoms with Crippen molar-refractivity contribution in [2.45, 2.75) is 6.04 Å². The Morgan fingerprint density at radius 2 is 1.59 bits per heavy atom. The number of aliphatic hydroxyl groups is 1. The lowest BCUT2D eigenvalue weighted by atomic mass is 9.95. The van der Waals surface area contributed by atoms with Crippen LogP contribution in [0.3, 0.4) is 0 Å². The molecule has 1 heterocycles. The molecule has 1 N–H and O–H groups in total. The summed E-state index contributed by atoms with van der Waals surface area (Å²) in [6.45, 7) is 0. The van der Waals surface area contributed by atoms with Gasteiger partial charge in [0.1, 0.15) is 5.76 Å². The van der Waals surface area contributed by atoms with Crippen molar-refractivity contribution in [3.63, 3.8) is 0 Å². The van der Waals surface area contributed by atoms with E-state index in [0.29, 0.717) is 11.3 Å². The van der Waals surface area contributed by atoms with Crippen LogP contribution in [0.25, 0.3) is 5.76 Å². The van der Waals surface area contributed by atoms with Crippen LogP contribution >= 0.6 is 39.1 Å². The lowest BCUT2D eigenvalue weighted by molar-refractivity contribution is -0.132. The highest BCUT2D eigenvalue weighted by atomic mass is 79.9. The molecule has 1 unspecified atom stereocenters. The number of rotatable bonds is 4. The molecule has 1 atom stereocenters. The summed E-state index contributed by atoms with van der Waals surface area (Å²) >= 11 is 15.9. The van der Waals surface area contributed by atoms with Crippen LogP contribution < -0.4 is 9.64 Å². The first-order valence-electron chi connectivity index (χ1n) is 9.48. The van der Waals surface area contributed by atoms with E-state index in [4.69, 9.17) is 27.9 Å². The van der Waals surface area contributed by atoms with Gasteiger partial charge in [-0.25, -0.2) is 0 Å². The number of ether oxygens (including phenoxy) is 1. The Balaban J connectivity index is 1.95. The van der Waals surface area contributed by atoms with E-state index in [9.17, 15) is 14.7 Å². The molecule has 0 spiro atoms. The second-order valence-corrected chi connectivity index (χ2v) is 8.76. The number of halogens is 3. The van der Waals surface area contributed by atoms with E-state index in [0.717, 1.165) is 4.47 Å². The first kappa shape index (κ1) is 22.4. The zero-order valence-electron chi connectivity index (χ0n) is 16.7. The number of carbonyl (C=O) groups is 2. The molecular formula is C24H16BrCl2NO4. The number of methoxy groups -OCH3 is 1. The highest BCUT2D eigenvalue weighted by Crippen LogP contribution is 2.43. The predicted octanol–water partition coefficient (Wildman–Crippen LogP) is 6.39. The van der Waals surface area contributed by atoms with Crippen LogP contribution in [0.1, 0.15) is 17.2 Å². The van der Waals surface area contributed by atoms with Crippen LogP contribution in [0.15, 0.2) is 76.8 Å². The molecule has 5 nitrogen and oxygen atoms in total. The monoisotopic (exact) mass is 531 g/mol. The van der Waals surface area contributed by atoms with Crippen molar-refractivity contribution in [3.05, 3.63) is 97.9 Å². The molecule has 1 amide bonds. The smallest absolute Gasteiger partial charge is 0.300 e. The van der Waals surface area contributed by atoms with Gasteiger partial charge in [-0.3, -0.25) is 14.5 Å². The van der Waals surface area contributed by atoms with Gasteiger partial charge in [-0.05, 0) is 42.0 Å². The maximum absolute atomic E-state index is 13.1. The first-order chi connectivity index (χ1) is 15.3. The molecule has 0 aliphatic carbocycles. The number of Topliss-reactive ketones (excluding diaryl/α,β-unsaturated/α-hetero) is 1. The van der Waals surface area contributed by atoms with Crippen LogP contribution in [0.2, 0.25) is 10.0 Å². The third-order valence-corrected chi connectivity index (χ3v) is 6.23. The lowest BCUT2D eigenvalue weighted by Crippen LogP contribution is -2.29. The van der Waals surface area contributed by atoms with Gasteiger partial charge in [-0.1, -0.05) is 69.5 Å². The quantitative estimate of drug-likeness (QED) is 0.240. The number of aliphatic hydroxyl groups excluding tert-OH is 1. The standard InChI is InChI=1S/C24H16BrCl2NO4/c1-32-23-17(26)11-14(12-18(23)27)21(29)19-20(13-7-9-15(25)10-8-13)28(24(31)22(19)30)16-5-3-2-4-6-16/h2-12,20,29H,1H3/b21-19+. The van der Waals surface area contributed by atoms with E-state index < -0.39 is 17.7 Å². The van der Waals surface area contributed by atoms with Crippen LogP contribution in [-0.4, -0.2) is 23.9 Å². The Kier molecular flexibility index (Phi) is 6.29. The van der Waals surface area contributed by atoms with Crippen molar-refractivity contribution in [1.29, 1.82) is 0 Å². The van der Waals surface area contributed by atoms with Gasteiger partial charge >= 0.3 is 0 Å². The Bertz CT molecular complexity index is 1220. The van der Waals surface area contributed by atoms with Crippen LogP contribution in [0.4, 0.5) is 5.69 Å². The summed E-state index contributed by atoms with van der Waals surface area (Å²) in [7, 11) is 1.42. The molecule has 0 radical (unpaired) electrons. The molecule has 32 heavy (non-hydrogen) atoms. The lowest BCUT2D eigenvalue weighted by Gasteiger charge is -2.25. The molecule has 1 aliphatic rings. The Labute approximate surface area is 203 Å². The van der Waals surface area contributed by atoms with E-state index in [2.05, 4.69) is 15.9 Å². The summed E-state index contributed by atoms with van der Waals surface area (Å²) in [5.41, 5.74) is 1.34. The molecule has 1 saturated heterocycles. The molecular weight excluding hydrogens is 517 g/mol. The van der Waals surface area contributed by atoms with E-state index in [1.807, 2.05) is 18.2 Å². The molecule has 162 valence electrons. The van der Waals surface area contributed by atoms with Gasteiger partial charge in [0.05, 0.1) is 28.8 Å². The molecule has 3 aromatic rings. The third kappa shape index (κ3) is 3.90. The number of hydrogen-bond acceptors (Lipinski definition) is 4. The number of nitrogens with zero attached hydrogens (tertiary/aromatic N) is 1. The van der Waals surface area contributed by atoms with Crippen LogP contribution in [-0.2, 0) is 9.59 Å². The largest absolute Gasteiger partial charge is 0.507 e. The van der Waals surface area contributed by atoms with E-state index in [1.165, 1.54) is 24.1 Å². The molecule has 3 aromatic carbocycles. The number of anilines is 1. The Morgan fingerprint density at radius 1 is 1.00 bits per heavy atom. The van der Waals surface area contributed by atoms with Crippen LogP contribution in [0.5, 0.6) is 5.75 Å². The van der Waals surface area contributed by atoms with E-state index in [1.54, 1.807) is 36.4 Å². The van der Waals surface area contributed by atoms with Gasteiger partial charge in [0.25, 0.3) is 11.7 Å². The summed E-state index contributed by atoms with van der Waals surface area (Å²) in [6.07, 6.45) is 0. The minimum Gasteiger partial charge on any atom is -0.507 e. The van der Waals surface area contributed by atoms with Gasteiger partial charge in [0.2, 0.25) is 0 Å². The third-order valence-electron chi connectivity index (χ3n) is 5.14. The van der Waals surface area contributed by atoms with Gasteiger partial charge < -0.3 is 9.84 Å². The highest BCUT2D eigenvalue weighted by molar-refractivity contribution is 9.10. The molecule has 1 fully saturated rings. The zero-order chi connectivity index (χ0) is 23.0. The average Bonchev–Trinajstić information content (AvgIpc) is 3.04. The maximum Gasteiger partial charge on any atom is 0.300 e. The normalized spacial score (nSPS) is 17.6. The number of hydrogen-bond donors (Lipinski definition) is 1. The fraction of sp³-hybridized carbons (Fsp3) is 0.0833. The fourth-order valence-electron chi connectivity index (χ4n) is 3.70. The van der Waals surface area contributed by atoms with Crippen molar-refractivity contribution in [3.8, 4) is 5.75 Å². The average molecular weight is 533 g/mol. The second kappa shape index (κ2) is 8.98. The second-order valence-electron chi connectivity index (χ2n) is 7.03. The van der Waals surface area contributed by atoms with Gasteiger partial charge in [0.15, 0.2) is 5.75 Å². The molecule has 8 heteroatoms. The summed E-state index contributed by atoms with van der Waals surface area (Å²) in [4.78, 5) is 27.6. The number of ketones is 1.